The van der Waals surface area contributed by atoms with E-state index in [1.165, 1.54) is 10.8 Å². The van der Waals surface area contributed by atoms with Crippen molar-refractivity contribution in [3.05, 3.63) is 50.6 Å². The average Bonchev–Trinajstić information content (AvgIpc) is 3.37. The van der Waals surface area contributed by atoms with Crippen LogP contribution in [0.5, 0.6) is 0 Å². The van der Waals surface area contributed by atoms with Crippen molar-refractivity contribution in [2.75, 3.05) is 19.8 Å². The summed E-state index contributed by atoms with van der Waals surface area (Å²) >= 11 is 0. The normalized spacial score (nSPS) is 25.9. The van der Waals surface area contributed by atoms with Crippen molar-refractivity contribution < 1.29 is 19.3 Å². The van der Waals surface area contributed by atoms with Gasteiger partial charge < -0.3 is 19.3 Å². The third kappa shape index (κ3) is 4.82. The Kier molecular flexibility index (Phi) is 7.82. The molecule has 0 saturated carbocycles. The van der Waals surface area contributed by atoms with Crippen molar-refractivity contribution in [3.8, 4) is 0 Å². The van der Waals surface area contributed by atoms with E-state index in [1.807, 2.05) is 6.92 Å². The van der Waals surface area contributed by atoms with Crippen molar-refractivity contribution in [1.82, 2.24) is 19.7 Å². The first kappa shape index (κ1) is 23.4. The Bertz CT molecular complexity index is 940. The molecule has 3 heterocycles. The minimum Gasteiger partial charge on any atom is -0.386 e. The van der Waals surface area contributed by atoms with E-state index < -0.39 is 35.3 Å². The molecular weight excluding hydrogens is 404 g/mol. The summed E-state index contributed by atoms with van der Waals surface area (Å²) in [5.41, 5.74) is -1.43. The highest BCUT2D eigenvalue weighted by Gasteiger charge is 2.58. The number of aliphatic hydroxyl groups is 1. The van der Waals surface area contributed by atoms with Gasteiger partial charge in [0.2, 0.25) is 0 Å². The summed E-state index contributed by atoms with van der Waals surface area (Å²) in [5.74, 6) is 0. The minimum absolute atomic E-state index is 0.108. The molecule has 10 heteroatoms. The second kappa shape index (κ2) is 10.4. The van der Waals surface area contributed by atoms with Crippen molar-refractivity contribution in [2.24, 2.45) is 0 Å². The monoisotopic (exact) mass is 436 g/mol. The topological polar surface area (TPSA) is 131 Å². The Labute approximate surface area is 180 Å². The van der Waals surface area contributed by atoms with E-state index in [1.54, 1.807) is 19.2 Å². The molecule has 4 atom stereocenters. The molecule has 0 spiro atoms. The van der Waals surface area contributed by atoms with Crippen LogP contribution in [0, 0.1) is 6.92 Å². The molecular formula is C21H32N4O6. The molecule has 3 N–H and O–H groups in total. The van der Waals surface area contributed by atoms with E-state index in [2.05, 4.69) is 22.1 Å². The van der Waals surface area contributed by atoms with Gasteiger partial charge in [-0.3, -0.25) is 19.4 Å². The lowest BCUT2D eigenvalue weighted by atomic mass is 9.92. The number of aromatic nitrogens is 4. The van der Waals surface area contributed by atoms with E-state index in [9.17, 15) is 14.7 Å². The molecule has 2 aromatic rings. The molecule has 0 amide bonds. The maximum atomic E-state index is 12.5. The Morgan fingerprint density at radius 3 is 2.68 bits per heavy atom. The Morgan fingerprint density at radius 2 is 2.00 bits per heavy atom. The molecule has 31 heavy (non-hydrogen) atoms. The summed E-state index contributed by atoms with van der Waals surface area (Å²) in [6.07, 6.45) is 3.49. The Morgan fingerprint density at radius 1 is 1.26 bits per heavy atom. The van der Waals surface area contributed by atoms with Gasteiger partial charge in [0.25, 0.3) is 5.56 Å². The fraction of sp³-hybridized carbons (Fsp3) is 0.667. The number of aliphatic hydroxyl groups excluding tert-OH is 1. The summed E-state index contributed by atoms with van der Waals surface area (Å²) in [5, 5.41) is 18.2. The van der Waals surface area contributed by atoms with Gasteiger partial charge in [0, 0.05) is 31.2 Å². The van der Waals surface area contributed by atoms with E-state index in [4.69, 9.17) is 14.2 Å². The number of aryl methyl sites for hydroxylation is 1. The van der Waals surface area contributed by atoms with Crippen molar-refractivity contribution in [3.63, 3.8) is 0 Å². The minimum atomic E-state index is -1.20. The van der Waals surface area contributed by atoms with E-state index >= 15 is 0 Å². The van der Waals surface area contributed by atoms with Crippen LogP contribution in [0.15, 0.2) is 28.0 Å². The molecule has 172 valence electrons. The van der Waals surface area contributed by atoms with Gasteiger partial charge in [0.15, 0.2) is 11.8 Å². The maximum Gasteiger partial charge on any atom is 0.330 e. The number of nitrogens with one attached hydrogen (secondary N) is 2. The molecule has 2 aromatic heterocycles. The van der Waals surface area contributed by atoms with Crippen molar-refractivity contribution in [1.29, 1.82) is 0 Å². The number of rotatable bonds is 11. The molecule has 0 aromatic carbocycles. The fourth-order valence-electron chi connectivity index (χ4n) is 3.73. The number of hydrogen-bond acceptors (Lipinski definition) is 7. The Hall–Kier alpha value is -2.27. The fourth-order valence-corrected chi connectivity index (χ4v) is 3.73. The number of nitrogens with zero attached hydrogens (tertiary/aromatic N) is 2. The molecule has 1 aliphatic rings. The van der Waals surface area contributed by atoms with Crippen LogP contribution in [-0.4, -0.2) is 56.9 Å². The lowest BCUT2D eigenvalue weighted by Crippen LogP contribution is -2.47. The number of H-pyrrole nitrogens is 2. The van der Waals surface area contributed by atoms with Gasteiger partial charge in [-0.05, 0) is 25.8 Å². The molecule has 10 nitrogen and oxygen atoms in total. The molecule has 0 radical (unpaired) electrons. The van der Waals surface area contributed by atoms with Crippen LogP contribution in [0.1, 0.15) is 57.0 Å². The molecule has 0 bridgehead atoms. The molecule has 1 fully saturated rings. The van der Waals surface area contributed by atoms with Gasteiger partial charge in [-0.1, -0.05) is 26.7 Å². The highest BCUT2D eigenvalue weighted by molar-refractivity contribution is 5.19. The average molecular weight is 437 g/mol. The molecule has 1 unspecified atom stereocenters. The molecule has 0 aliphatic carbocycles. The second-order valence-electron chi connectivity index (χ2n) is 7.89. The molecule has 1 aliphatic heterocycles. The summed E-state index contributed by atoms with van der Waals surface area (Å²) in [4.78, 5) is 26.6. The van der Waals surface area contributed by atoms with Crippen LogP contribution in [0.3, 0.4) is 0 Å². The lowest BCUT2D eigenvalue weighted by molar-refractivity contribution is -0.161. The van der Waals surface area contributed by atoms with Crippen LogP contribution < -0.4 is 11.2 Å². The van der Waals surface area contributed by atoms with Gasteiger partial charge in [-0.2, -0.15) is 5.10 Å². The lowest BCUT2D eigenvalue weighted by Gasteiger charge is -2.33. The van der Waals surface area contributed by atoms with Gasteiger partial charge >= 0.3 is 5.69 Å². The summed E-state index contributed by atoms with van der Waals surface area (Å²) in [7, 11) is 0. The van der Waals surface area contributed by atoms with Crippen LogP contribution in [0.25, 0.3) is 0 Å². The Balaban J connectivity index is 2.02. The van der Waals surface area contributed by atoms with Gasteiger partial charge in [0.05, 0.1) is 12.3 Å². The zero-order chi connectivity index (χ0) is 22.4. The standard InChI is InChI=1S/C21H32N4O6/c1-4-6-10-29-13-21(15-8-9-22-24-15)17(30-11-7-5-2)16(26)19(31-21)25-12-14(3)18(27)23-20(25)28/h8-9,12,16-17,19,26H,4-7,10-11,13H2,1-3H3,(H,22,24)(H,23,27,28)/t16-,17?,19+,21-/m0/s1. The van der Waals surface area contributed by atoms with E-state index in [0.29, 0.717) is 24.5 Å². The second-order valence-corrected chi connectivity index (χ2v) is 7.89. The summed E-state index contributed by atoms with van der Waals surface area (Å²) < 4.78 is 19.6. The first-order chi connectivity index (χ1) is 14.9. The zero-order valence-electron chi connectivity index (χ0n) is 18.3. The smallest absolute Gasteiger partial charge is 0.330 e. The number of ether oxygens (including phenoxy) is 3. The largest absolute Gasteiger partial charge is 0.386 e. The summed E-state index contributed by atoms with van der Waals surface area (Å²) in [6, 6.07) is 1.75. The van der Waals surface area contributed by atoms with Crippen LogP contribution >= 0.6 is 0 Å². The first-order valence-corrected chi connectivity index (χ1v) is 10.8. The van der Waals surface area contributed by atoms with E-state index in [-0.39, 0.29) is 6.61 Å². The van der Waals surface area contributed by atoms with Gasteiger partial charge in [-0.25, -0.2) is 4.79 Å². The number of aromatic amines is 2. The van der Waals surface area contributed by atoms with E-state index in [0.717, 1.165) is 25.7 Å². The number of hydrogen-bond donors (Lipinski definition) is 3. The third-order valence-corrected chi connectivity index (χ3v) is 5.52. The van der Waals surface area contributed by atoms with Crippen molar-refractivity contribution >= 4 is 0 Å². The SMILES string of the molecule is CCCCOC[C@@]1(c2ccn[nH]2)O[C@@H](n2cc(C)c(=O)[nH]c2=O)[C@@H](O)C1OCCCC. The highest BCUT2D eigenvalue weighted by Crippen LogP contribution is 2.45. The first-order valence-electron chi connectivity index (χ1n) is 10.8. The van der Waals surface area contributed by atoms with Crippen LogP contribution in [0.4, 0.5) is 0 Å². The summed E-state index contributed by atoms with van der Waals surface area (Å²) in [6.45, 7) is 6.75. The van der Waals surface area contributed by atoms with Gasteiger partial charge in [-0.15, -0.1) is 0 Å². The predicted molar refractivity (Wildman–Crippen MR) is 113 cm³/mol. The van der Waals surface area contributed by atoms with Crippen LogP contribution in [-0.2, 0) is 19.8 Å². The third-order valence-electron chi connectivity index (χ3n) is 5.52. The van der Waals surface area contributed by atoms with Crippen molar-refractivity contribution in [2.45, 2.75) is 70.5 Å². The molecule has 1 saturated heterocycles. The van der Waals surface area contributed by atoms with Crippen LogP contribution in [0.2, 0.25) is 0 Å². The van der Waals surface area contributed by atoms with Gasteiger partial charge in [0.1, 0.15) is 12.2 Å². The zero-order valence-corrected chi connectivity index (χ0v) is 18.3. The predicted octanol–water partition coefficient (Wildman–Crippen LogP) is 1.36. The number of unbranched alkanes of at least 4 members (excludes halogenated alkanes) is 2. The maximum absolute atomic E-state index is 12.5. The molecule has 3 rings (SSSR count). The quantitative estimate of drug-likeness (QED) is 0.453. The highest BCUT2D eigenvalue weighted by atomic mass is 16.6.